The Balaban J connectivity index is 0.00000220. The number of piperazine rings is 1. The number of likely N-dealkylation sites (N-methyl/N-ethyl adjacent to an activating group) is 1. The van der Waals surface area contributed by atoms with Crippen LogP contribution in [0.25, 0.3) is 0 Å². The summed E-state index contributed by atoms with van der Waals surface area (Å²) in [6, 6.07) is 4.44. The molecule has 1 fully saturated rings. The molecule has 1 aromatic carbocycles. The molecule has 1 aliphatic rings. The summed E-state index contributed by atoms with van der Waals surface area (Å²) in [6.45, 7) is 4.00. The normalized spacial score (nSPS) is 15.0. The van der Waals surface area contributed by atoms with Crippen LogP contribution in [0.3, 0.4) is 0 Å². The van der Waals surface area contributed by atoms with Crippen molar-refractivity contribution in [3.05, 3.63) is 34.6 Å². The number of amides is 1. The number of hydrogen-bond donors (Lipinski definition) is 1. The molecule has 0 unspecified atom stereocenters. The van der Waals surface area contributed by atoms with Gasteiger partial charge in [0.05, 0.1) is 6.54 Å². The zero-order valence-corrected chi connectivity index (χ0v) is 13.5. The zero-order chi connectivity index (χ0) is 14.5. The van der Waals surface area contributed by atoms with Crippen LogP contribution in [-0.4, -0.2) is 55.5 Å². The Morgan fingerprint density at radius 2 is 2.05 bits per heavy atom. The van der Waals surface area contributed by atoms with Crippen LogP contribution < -0.4 is 5.32 Å². The van der Waals surface area contributed by atoms with Crippen molar-refractivity contribution in [1.29, 1.82) is 0 Å². The van der Waals surface area contributed by atoms with Crippen LogP contribution in [0.2, 0.25) is 5.02 Å². The van der Waals surface area contributed by atoms with Crippen LogP contribution in [0.15, 0.2) is 18.2 Å². The summed E-state index contributed by atoms with van der Waals surface area (Å²) in [4.78, 5) is 15.8. The Hall–Kier alpha value is -0.880. The van der Waals surface area contributed by atoms with Gasteiger partial charge in [-0.05, 0) is 30.8 Å². The van der Waals surface area contributed by atoms with Crippen molar-refractivity contribution in [2.45, 2.75) is 6.54 Å². The lowest BCUT2D eigenvalue weighted by Gasteiger charge is -2.29. The summed E-state index contributed by atoms with van der Waals surface area (Å²) in [5.74, 6) is -0.245. The van der Waals surface area contributed by atoms with Crippen molar-refractivity contribution in [3.8, 4) is 0 Å². The largest absolute Gasteiger partial charge is 0.339 e. The van der Waals surface area contributed by atoms with Gasteiger partial charge in [-0.15, -0.1) is 12.4 Å². The summed E-state index contributed by atoms with van der Waals surface area (Å²) in [6.07, 6.45) is 0. The molecular formula is C14H20Cl2FN3O. The Morgan fingerprint density at radius 1 is 1.38 bits per heavy atom. The van der Waals surface area contributed by atoms with E-state index in [0.717, 1.165) is 31.7 Å². The van der Waals surface area contributed by atoms with Crippen LogP contribution in [0.1, 0.15) is 5.56 Å². The molecule has 1 aliphatic heterocycles. The highest BCUT2D eigenvalue weighted by atomic mass is 35.5. The van der Waals surface area contributed by atoms with Crippen LogP contribution in [0, 0.1) is 5.82 Å². The third kappa shape index (κ3) is 5.79. The first-order valence-electron chi connectivity index (χ1n) is 6.66. The minimum Gasteiger partial charge on any atom is -0.339 e. The second-order valence-electron chi connectivity index (χ2n) is 5.08. The fourth-order valence-corrected chi connectivity index (χ4v) is 2.56. The predicted octanol–water partition coefficient (Wildman–Crippen LogP) is 1.76. The molecule has 1 saturated heterocycles. The van der Waals surface area contributed by atoms with Crippen molar-refractivity contribution < 1.29 is 9.18 Å². The van der Waals surface area contributed by atoms with Gasteiger partial charge < -0.3 is 10.2 Å². The molecule has 1 N–H and O–H groups in total. The molecule has 0 bridgehead atoms. The summed E-state index contributed by atoms with van der Waals surface area (Å²) < 4.78 is 13.2. The number of rotatable bonds is 4. The molecule has 7 heteroatoms. The Bertz CT molecular complexity index is 461. The number of nitrogens with one attached hydrogen (secondary N) is 1. The van der Waals surface area contributed by atoms with Crippen LogP contribution in [0.4, 0.5) is 4.39 Å². The molecule has 1 aromatic rings. The van der Waals surface area contributed by atoms with E-state index in [0.29, 0.717) is 18.1 Å². The van der Waals surface area contributed by atoms with Gasteiger partial charge in [-0.2, -0.15) is 0 Å². The summed E-state index contributed by atoms with van der Waals surface area (Å²) in [5.41, 5.74) is 0.769. The first kappa shape index (κ1) is 18.2. The van der Waals surface area contributed by atoms with Crippen LogP contribution in [0.5, 0.6) is 0 Å². The van der Waals surface area contributed by atoms with E-state index in [-0.39, 0.29) is 24.1 Å². The third-order valence-corrected chi connectivity index (χ3v) is 3.47. The quantitative estimate of drug-likeness (QED) is 0.910. The molecule has 21 heavy (non-hydrogen) atoms. The minimum atomic E-state index is -0.352. The van der Waals surface area contributed by atoms with Gasteiger partial charge in [0.2, 0.25) is 5.91 Å². The maximum absolute atomic E-state index is 13.2. The van der Waals surface area contributed by atoms with Crippen molar-refractivity contribution in [2.24, 2.45) is 0 Å². The first-order valence-corrected chi connectivity index (χ1v) is 7.04. The smallest absolute Gasteiger partial charge is 0.236 e. The minimum absolute atomic E-state index is 0. The Morgan fingerprint density at radius 3 is 2.67 bits per heavy atom. The van der Waals surface area contributed by atoms with Gasteiger partial charge in [0.25, 0.3) is 0 Å². The molecule has 0 aromatic heterocycles. The first-order chi connectivity index (χ1) is 9.54. The van der Waals surface area contributed by atoms with Crippen molar-refractivity contribution in [2.75, 3.05) is 39.8 Å². The van der Waals surface area contributed by atoms with E-state index in [1.54, 1.807) is 6.07 Å². The number of halogens is 3. The van der Waals surface area contributed by atoms with E-state index in [4.69, 9.17) is 11.6 Å². The van der Waals surface area contributed by atoms with Gasteiger partial charge >= 0.3 is 0 Å². The van der Waals surface area contributed by atoms with E-state index in [1.165, 1.54) is 12.1 Å². The fraction of sp³-hybridized carbons (Fsp3) is 0.500. The molecule has 118 valence electrons. The van der Waals surface area contributed by atoms with E-state index in [2.05, 4.69) is 5.32 Å². The Kier molecular flexibility index (Phi) is 7.39. The van der Waals surface area contributed by atoms with Gasteiger partial charge in [-0.25, -0.2) is 4.39 Å². The highest BCUT2D eigenvalue weighted by molar-refractivity contribution is 6.30. The number of benzene rings is 1. The molecule has 2 rings (SSSR count). The molecule has 1 heterocycles. The second kappa shape index (κ2) is 8.54. The number of nitrogens with zero attached hydrogens (tertiary/aromatic N) is 2. The van der Waals surface area contributed by atoms with E-state index >= 15 is 0 Å². The van der Waals surface area contributed by atoms with Crippen molar-refractivity contribution >= 4 is 29.9 Å². The van der Waals surface area contributed by atoms with Gasteiger partial charge in [0.1, 0.15) is 5.82 Å². The fourth-order valence-electron chi connectivity index (χ4n) is 2.31. The lowest BCUT2D eigenvalue weighted by Crippen LogP contribution is -2.49. The van der Waals surface area contributed by atoms with Crippen molar-refractivity contribution in [1.82, 2.24) is 15.1 Å². The molecule has 1 amide bonds. The number of carbonyl (C=O) groups is 1. The number of carbonyl (C=O) groups excluding carboxylic acids is 1. The standard InChI is InChI=1S/C14H19ClFN3O.ClH/c1-18(9-11-6-12(15)8-13(16)7-11)10-14(20)19-4-2-17-3-5-19;/h6-8,17H,2-5,9-10H2,1H3;1H. The maximum atomic E-state index is 13.2. The molecule has 4 nitrogen and oxygen atoms in total. The van der Waals surface area contributed by atoms with Gasteiger partial charge in [-0.1, -0.05) is 11.6 Å². The highest BCUT2D eigenvalue weighted by Crippen LogP contribution is 2.15. The molecule has 0 saturated carbocycles. The summed E-state index contributed by atoms with van der Waals surface area (Å²) in [5, 5.41) is 3.59. The lowest BCUT2D eigenvalue weighted by molar-refractivity contribution is -0.132. The lowest BCUT2D eigenvalue weighted by atomic mass is 10.2. The average Bonchev–Trinajstić information content (AvgIpc) is 2.38. The predicted molar refractivity (Wildman–Crippen MR) is 84.4 cm³/mol. The second-order valence-corrected chi connectivity index (χ2v) is 5.52. The Labute approximate surface area is 135 Å². The zero-order valence-electron chi connectivity index (χ0n) is 11.9. The van der Waals surface area contributed by atoms with E-state index < -0.39 is 0 Å². The van der Waals surface area contributed by atoms with Gasteiger partial charge in [-0.3, -0.25) is 9.69 Å². The maximum Gasteiger partial charge on any atom is 0.236 e. The van der Waals surface area contributed by atoms with Crippen molar-refractivity contribution in [3.63, 3.8) is 0 Å². The van der Waals surface area contributed by atoms with E-state index in [9.17, 15) is 9.18 Å². The SMILES string of the molecule is CN(CC(=O)N1CCNCC1)Cc1cc(F)cc(Cl)c1.Cl. The molecule has 0 spiro atoms. The topological polar surface area (TPSA) is 35.6 Å². The van der Waals surface area contributed by atoms with Crippen LogP contribution in [-0.2, 0) is 11.3 Å². The molecule has 0 radical (unpaired) electrons. The van der Waals surface area contributed by atoms with Gasteiger partial charge in [0, 0.05) is 37.7 Å². The third-order valence-electron chi connectivity index (χ3n) is 3.25. The summed E-state index contributed by atoms with van der Waals surface area (Å²) >= 11 is 5.82. The highest BCUT2D eigenvalue weighted by Gasteiger charge is 2.17. The molecule has 0 aliphatic carbocycles. The molecule has 0 atom stereocenters. The average molecular weight is 336 g/mol. The monoisotopic (exact) mass is 335 g/mol. The number of hydrogen-bond acceptors (Lipinski definition) is 3. The van der Waals surface area contributed by atoms with Gasteiger partial charge in [0.15, 0.2) is 0 Å². The summed E-state index contributed by atoms with van der Waals surface area (Å²) in [7, 11) is 1.85. The van der Waals surface area contributed by atoms with Crippen LogP contribution >= 0.6 is 24.0 Å². The van der Waals surface area contributed by atoms with E-state index in [1.807, 2.05) is 16.8 Å². The molecular weight excluding hydrogens is 316 g/mol.